The Labute approximate surface area is 122 Å². The van der Waals surface area contributed by atoms with Crippen molar-refractivity contribution in [3.63, 3.8) is 0 Å². The van der Waals surface area contributed by atoms with Gasteiger partial charge in [-0.2, -0.15) is 0 Å². The molecule has 21 heavy (non-hydrogen) atoms. The van der Waals surface area contributed by atoms with E-state index in [1.807, 2.05) is 32.0 Å². The third-order valence-corrected chi connectivity index (χ3v) is 3.44. The average Bonchev–Trinajstić information content (AvgIpc) is 2.46. The first kappa shape index (κ1) is 14.8. The van der Waals surface area contributed by atoms with Crippen LogP contribution in [0.2, 0.25) is 0 Å². The van der Waals surface area contributed by atoms with Gasteiger partial charge >= 0.3 is 5.97 Å². The lowest BCUT2D eigenvalue weighted by Gasteiger charge is -2.12. The Morgan fingerprint density at radius 3 is 2.57 bits per heavy atom. The Morgan fingerprint density at radius 2 is 2.05 bits per heavy atom. The van der Waals surface area contributed by atoms with Gasteiger partial charge in [0.05, 0.1) is 12.8 Å². The van der Waals surface area contributed by atoms with Gasteiger partial charge in [-0.05, 0) is 48.7 Å². The number of methoxy groups -OCH3 is 1. The fourth-order valence-electron chi connectivity index (χ4n) is 2.29. The number of hydrogen-bond acceptors (Lipinski definition) is 3. The molecule has 0 aliphatic heterocycles. The number of carboxylic acids is 1. The molecule has 1 aromatic heterocycles. The Kier molecular flexibility index (Phi) is 4.12. The van der Waals surface area contributed by atoms with E-state index in [-0.39, 0.29) is 5.56 Å². The van der Waals surface area contributed by atoms with Crippen molar-refractivity contribution in [1.29, 1.82) is 0 Å². The van der Waals surface area contributed by atoms with Gasteiger partial charge in [0.25, 0.3) is 5.56 Å². The molecule has 0 aliphatic rings. The minimum absolute atomic E-state index is 0.234. The summed E-state index contributed by atoms with van der Waals surface area (Å²) in [4.78, 5) is 25.6. The van der Waals surface area contributed by atoms with Crippen molar-refractivity contribution < 1.29 is 14.6 Å². The van der Waals surface area contributed by atoms with Crippen LogP contribution < -0.4 is 10.3 Å². The molecule has 1 heterocycles. The van der Waals surface area contributed by atoms with Crippen molar-refractivity contribution in [2.75, 3.05) is 7.11 Å². The normalized spacial score (nSPS) is 10.4. The first-order chi connectivity index (χ1) is 9.97. The van der Waals surface area contributed by atoms with Gasteiger partial charge in [0, 0.05) is 5.56 Å². The number of benzene rings is 1. The van der Waals surface area contributed by atoms with Crippen molar-refractivity contribution in [2.24, 2.45) is 0 Å². The molecule has 0 saturated heterocycles. The van der Waals surface area contributed by atoms with E-state index in [0.717, 1.165) is 22.4 Å². The molecular weight excluding hydrogens is 270 g/mol. The number of rotatable bonds is 4. The molecule has 0 fully saturated rings. The first-order valence-corrected chi connectivity index (χ1v) is 6.62. The van der Waals surface area contributed by atoms with E-state index in [4.69, 9.17) is 9.84 Å². The second-order valence-corrected chi connectivity index (χ2v) is 4.75. The fraction of sp³-hybridized carbons (Fsp3) is 0.250. The number of carbonyl (C=O) groups is 1. The molecule has 2 aromatic rings. The quantitative estimate of drug-likeness (QED) is 0.906. The van der Waals surface area contributed by atoms with Gasteiger partial charge in [-0.3, -0.25) is 4.79 Å². The van der Waals surface area contributed by atoms with Gasteiger partial charge in [0.2, 0.25) is 0 Å². The van der Waals surface area contributed by atoms with Crippen LogP contribution in [0.1, 0.15) is 28.4 Å². The van der Waals surface area contributed by atoms with Crippen LogP contribution >= 0.6 is 0 Å². The molecule has 0 bridgehead atoms. The van der Waals surface area contributed by atoms with Gasteiger partial charge in [-0.25, -0.2) is 4.79 Å². The highest BCUT2D eigenvalue weighted by Gasteiger charge is 2.15. The summed E-state index contributed by atoms with van der Waals surface area (Å²) in [5.41, 5.74) is 2.43. The third kappa shape index (κ3) is 2.81. The highest BCUT2D eigenvalue weighted by Crippen LogP contribution is 2.27. The zero-order chi connectivity index (χ0) is 15.6. The summed E-state index contributed by atoms with van der Waals surface area (Å²) in [5, 5.41) is 9.03. The Balaban J connectivity index is 2.66. The number of nitrogens with one attached hydrogen (secondary N) is 1. The maximum absolute atomic E-state index is 11.9. The number of ether oxygens (including phenoxy) is 1. The summed E-state index contributed by atoms with van der Waals surface area (Å²) in [7, 11) is 1.59. The molecule has 0 aliphatic carbocycles. The number of pyridine rings is 1. The zero-order valence-corrected chi connectivity index (χ0v) is 12.2. The second kappa shape index (κ2) is 5.83. The van der Waals surface area contributed by atoms with Crippen LogP contribution in [0.3, 0.4) is 0 Å². The molecule has 5 heteroatoms. The van der Waals surface area contributed by atoms with Crippen LogP contribution in [-0.2, 0) is 6.42 Å². The molecule has 0 radical (unpaired) electrons. The second-order valence-electron chi connectivity index (χ2n) is 4.75. The Hall–Kier alpha value is -2.56. The summed E-state index contributed by atoms with van der Waals surface area (Å²) in [6.07, 6.45) is 0.623. The number of aromatic carboxylic acids is 1. The van der Waals surface area contributed by atoms with E-state index in [1.54, 1.807) is 7.11 Å². The lowest BCUT2D eigenvalue weighted by molar-refractivity contribution is 0.0695. The van der Waals surface area contributed by atoms with Gasteiger partial charge in [0.1, 0.15) is 11.3 Å². The molecule has 2 rings (SSSR count). The van der Waals surface area contributed by atoms with E-state index in [2.05, 4.69) is 4.98 Å². The van der Waals surface area contributed by atoms with Crippen molar-refractivity contribution >= 4 is 5.97 Å². The lowest BCUT2D eigenvalue weighted by atomic mass is 9.98. The van der Waals surface area contributed by atoms with Crippen LogP contribution in [0.25, 0.3) is 11.3 Å². The largest absolute Gasteiger partial charge is 0.497 e. The average molecular weight is 287 g/mol. The van der Waals surface area contributed by atoms with Crippen LogP contribution in [-0.4, -0.2) is 23.2 Å². The van der Waals surface area contributed by atoms with Crippen LogP contribution in [0, 0.1) is 6.92 Å². The molecule has 5 nitrogen and oxygen atoms in total. The molecular formula is C16H17NO4. The molecule has 2 N–H and O–H groups in total. The van der Waals surface area contributed by atoms with Gasteiger partial charge in [-0.15, -0.1) is 0 Å². The number of aromatic amines is 1. The predicted octanol–water partition coefficient (Wildman–Crippen LogP) is 2.62. The fourth-order valence-corrected chi connectivity index (χ4v) is 2.29. The highest BCUT2D eigenvalue weighted by molar-refractivity contribution is 5.88. The maximum atomic E-state index is 11.9. The minimum atomic E-state index is -1.22. The van der Waals surface area contributed by atoms with Crippen molar-refractivity contribution in [2.45, 2.75) is 20.3 Å². The molecule has 1 aromatic carbocycles. The van der Waals surface area contributed by atoms with E-state index in [9.17, 15) is 9.59 Å². The topological polar surface area (TPSA) is 79.4 Å². The molecule has 0 unspecified atom stereocenters. The minimum Gasteiger partial charge on any atom is -0.497 e. The lowest BCUT2D eigenvalue weighted by Crippen LogP contribution is -2.19. The standard InChI is InChI=1S/C16H17NO4/c1-4-10-8-13(16(19)20)15(18)17-14(10)12-6-5-11(21-3)7-9(12)2/h5-8H,4H2,1-3H3,(H,17,18)(H,19,20). The number of H-pyrrole nitrogens is 1. The summed E-state index contributed by atoms with van der Waals surface area (Å²) in [6.45, 7) is 3.84. The molecule has 0 amide bonds. The Bertz CT molecular complexity index is 746. The van der Waals surface area contributed by atoms with Crippen molar-refractivity contribution in [3.8, 4) is 17.0 Å². The highest BCUT2D eigenvalue weighted by atomic mass is 16.5. The smallest absolute Gasteiger partial charge is 0.341 e. The summed E-state index contributed by atoms with van der Waals surface area (Å²) < 4.78 is 5.17. The maximum Gasteiger partial charge on any atom is 0.341 e. The van der Waals surface area contributed by atoms with Crippen molar-refractivity contribution in [1.82, 2.24) is 4.98 Å². The van der Waals surface area contributed by atoms with Crippen molar-refractivity contribution in [3.05, 3.63) is 51.3 Å². The zero-order valence-electron chi connectivity index (χ0n) is 12.2. The number of aryl methyl sites for hydroxylation is 2. The summed E-state index contributed by atoms with van der Waals surface area (Å²) >= 11 is 0. The Morgan fingerprint density at radius 1 is 1.33 bits per heavy atom. The van der Waals surface area contributed by atoms with E-state index >= 15 is 0 Å². The molecule has 0 saturated carbocycles. The monoisotopic (exact) mass is 287 g/mol. The molecule has 0 spiro atoms. The van der Waals surface area contributed by atoms with E-state index in [0.29, 0.717) is 12.1 Å². The molecule has 110 valence electrons. The van der Waals surface area contributed by atoms with E-state index in [1.165, 1.54) is 6.07 Å². The predicted molar refractivity (Wildman–Crippen MR) is 80.1 cm³/mol. The van der Waals surface area contributed by atoms with E-state index < -0.39 is 11.5 Å². The van der Waals surface area contributed by atoms with Gasteiger partial charge in [-0.1, -0.05) is 6.92 Å². The first-order valence-electron chi connectivity index (χ1n) is 6.62. The van der Waals surface area contributed by atoms with Gasteiger partial charge in [0.15, 0.2) is 0 Å². The number of carboxylic acid groups (broad SMARTS) is 1. The SMILES string of the molecule is CCc1cc(C(=O)O)c(=O)[nH]c1-c1ccc(OC)cc1C. The molecule has 0 atom stereocenters. The number of aromatic nitrogens is 1. The summed E-state index contributed by atoms with van der Waals surface area (Å²) in [5.74, 6) is -0.484. The number of hydrogen-bond donors (Lipinski definition) is 2. The van der Waals surface area contributed by atoms with Crippen LogP contribution in [0.15, 0.2) is 29.1 Å². The van der Waals surface area contributed by atoms with Gasteiger partial charge < -0.3 is 14.8 Å². The summed E-state index contributed by atoms with van der Waals surface area (Å²) in [6, 6.07) is 6.99. The third-order valence-electron chi connectivity index (χ3n) is 3.44. The van der Waals surface area contributed by atoms with Crippen LogP contribution in [0.5, 0.6) is 5.75 Å². The van der Waals surface area contributed by atoms with Crippen LogP contribution in [0.4, 0.5) is 0 Å².